The maximum Gasteiger partial charge on any atom is 0.123 e. The minimum atomic E-state index is -0.448. The van der Waals surface area contributed by atoms with Crippen molar-refractivity contribution in [2.24, 2.45) is 0 Å². The molecule has 0 radical (unpaired) electrons. The van der Waals surface area contributed by atoms with Crippen molar-refractivity contribution in [3.8, 4) is 6.07 Å². The van der Waals surface area contributed by atoms with Gasteiger partial charge in [-0.2, -0.15) is 5.26 Å². The van der Waals surface area contributed by atoms with Crippen LogP contribution in [0.5, 0.6) is 0 Å². The highest BCUT2D eigenvalue weighted by atomic mass is 19.1. The first-order chi connectivity index (χ1) is 9.20. The molecule has 0 unspecified atom stereocenters. The van der Waals surface area contributed by atoms with E-state index in [9.17, 15) is 9.65 Å². The molecule has 2 atom stereocenters. The molecule has 0 heterocycles. The van der Waals surface area contributed by atoms with E-state index in [0.717, 1.165) is 11.1 Å². The molecule has 3 heteroatoms. The van der Waals surface area contributed by atoms with E-state index in [2.05, 4.69) is 11.4 Å². The summed E-state index contributed by atoms with van der Waals surface area (Å²) in [5, 5.41) is 12.5. The Kier molecular flexibility index (Phi) is 4.27. The third-order valence-corrected chi connectivity index (χ3v) is 3.05. The Hall–Kier alpha value is -2.18. The second-order valence-electron chi connectivity index (χ2n) is 4.41. The zero-order valence-electron chi connectivity index (χ0n) is 10.7. The Morgan fingerprint density at radius 3 is 2.21 bits per heavy atom. The van der Waals surface area contributed by atoms with Crippen LogP contribution in [-0.4, -0.2) is 0 Å². The van der Waals surface area contributed by atoms with Gasteiger partial charge in [-0.15, -0.1) is 0 Å². The van der Waals surface area contributed by atoms with E-state index in [4.69, 9.17) is 0 Å². The van der Waals surface area contributed by atoms with Crippen LogP contribution in [0.2, 0.25) is 0 Å². The van der Waals surface area contributed by atoms with Gasteiger partial charge in [0.05, 0.1) is 6.07 Å². The van der Waals surface area contributed by atoms with Crippen LogP contribution in [0.3, 0.4) is 0 Å². The van der Waals surface area contributed by atoms with Crippen molar-refractivity contribution in [3.63, 3.8) is 0 Å². The van der Waals surface area contributed by atoms with Crippen LogP contribution in [0.15, 0.2) is 54.6 Å². The third kappa shape index (κ3) is 3.40. The topological polar surface area (TPSA) is 35.8 Å². The first-order valence-corrected chi connectivity index (χ1v) is 6.17. The molecular weight excluding hydrogens is 239 g/mol. The molecular formula is C16H15FN2. The lowest BCUT2D eigenvalue weighted by Gasteiger charge is -2.18. The summed E-state index contributed by atoms with van der Waals surface area (Å²) in [5.41, 5.74) is 1.89. The normalized spacial score (nSPS) is 13.5. The standard InChI is InChI=1S/C16H15FN2/c1-12(13-5-3-2-4-6-13)19-16(11-18)14-7-9-15(17)10-8-14/h2-10,12,16,19H,1H3/t12-,16+/m1/s1. The average molecular weight is 254 g/mol. The lowest BCUT2D eigenvalue weighted by molar-refractivity contribution is 0.532. The largest absolute Gasteiger partial charge is 0.292 e. The number of nitrogens with one attached hydrogen (secondary N) is 1. The number of nitrogens with zero attached hydrogens (tertiary/aromatic N) is 1. The molecule has 19 heavy (non-hydrogen) atoms. The SMILES string of the molecule is C[C@@H](N[C@@H](C#N)c1ccc(F)cc1)c1ccccc1. The van der Waals surface area contributed by atoms with E-state index in [-0.39, 0.29) is 11.9 Å². The lowest BCUT2D eigenvalue weighted by Crippen LogP contribution is -2.23. The molecule has 0 aliphatic carbocycles. The van der Waals surface area contributed by atoms with Crippen molar-refractivity contribution in [2.75, 3.05) is 0 Å². The molecule has 0 saturated heterocycles. The number of halogens is 1. The number of hydrogen-bond donors (Lipinski definition) is 1. The van der Waals surface area contributed by atoms with Crippen LogP contribution in [0.25, 0.3) is 0 Å². The third-order valence-electron chi connectivity index (χ3n) is 3.05. The fourth-order valence-electron chi connectivity index (χ4n) is 1.95. The highest BCUT2D eigenvalue weighted by Gasteiger charge is 2.14. The molecule has 0 aliphatic heterocycles. The van der Waals surface area contributed by atoms with Gasteiger partial charge in [-0.25, -0.2) is 4.39 Å². The zero-order valence-corrected chi connectivity index (χ0v) is 10.7. The van der Waals surface area contributed by atoms with E-state index in [1.807, 2.05) is 37.3 Å². The van der Waals surface area contributed by atoms with Gasteiger partial charge in [0.2, 0.25) is 0 Å². The lowest BCUT2D eigenvalue weighted by atomic mass is 10.0. The van der Waals surface area contributed by atoms with Crippen LogP contribution in [-0.2, 0) is 0 Å². The van der Waals surface area contributed by atoms with Crippen molar-refractivity contribution in [3.05, 3.63) is 71.5 Å². The number of rotatable bonds is 4. The summed E-state index contributed by atoms with van der Waals surface area (Å²) in [6.07, 6.45) is 0. The molecule has 0 fully saturated rings. The molecule has 0 aliphatic rings. The summed E-state index contributed by atoms with van der Waals surface area (Å²) in [6, 6.07) is 17.7. The van der Waals surface area contributed by atoms with Gasteiger partial charge in [0.15, 0.2) is 0 Å². The second kappa shape index (κ2) is 6.12. The van der Waals surface area contributed by atoms with Crippen LogP contribution in [0, 0.1) is 17.1 Å². The van der Waals surface area contributed by atoms with Crippen molar-refractivity contribution in [1.29, 1.82) is 5.26 Å². The van der Waals surface area contributed by atoms with Crippen molar-refractivity contribution < 1.29 is 4.39 Å². The van der Waals surface area contributed by atoms with Crippen LogP contribution in [0.1, 0.15) is 30.1 Å². The summed E-state index contributed by atoms with van der Waals surface area (Å²) >= 11 is 0. The molecule has 2 aromatic carbocycles. The highest BCUT2D eigenvalue weighted by molar-refractivity contribution is 5.26. The first-order valence-electron chi connectivity index (χ1n) is 6.17. The minimum absolute atomic E-state index is 0.0518. The molecule has 0 amide bonds. The van der Waals surface area contributed by atoms with Gasteiger partial charge in [-0.1, -0.05) is 42.5 Å². The smallest absolute Gasteiger partial charge is 0.123 e. The Bertz CT molecular complexity index is 558. The van der Waals surface area contributed by atoms with E-state index >= 15 is 0 Å². The van der Waals surface area contributed by atoms with Gasteiger partial charge < -0.3 is 0 Å². The Morgan fingerprint density at radius 1 is 1.00 bits per heavy atom. The quantitative estimate of drug-likeness (QED) is 0.902. The predicted molar refractivity (Wildman–Crippen MR) is 72.7 cm³/mol. The fraction of sp³-hybridized carbons (Fsp3) is 0.188. The fourth-order valence-corrected chi connectivity index (χ4v) is 1.95. The molecule has 0 aromatic heterocycles. The van der Waals surface area contributed by atoms with Crippen LogP contribution in [0.4, 0.5) is 4.39 Å². The van der Waals surface area contributed by atoms with E-state index < -0.39 is 6.04 Å². The van der Waals surface area contributed by atoms with E-state index in [0.29, 0.717) is 0 Å². The van der Waals surface area contributed by atoms with Gasteiger partial charge in [0, 0.05) is 6.04 Å². The summed E-state index contributed by atoms with van der Waals surface area (Å²) in [6.45, 7) is 2.00. The molecule has 1 N–H and O–H groups in total. The Balaban J connectivity index is 2.12. The maximum atomic E-state index is 12.9. The summed E-state index contributed by atoms with van der Waals surface area (Å²) < 4.78 is 12.9. The molecule has 2 rings (SSSR count). The second-order valence-corrected chi connectivity index (χ2v) is 4.41. The number of benzene rings is 2. The number of hydrogen-bond acceptors (Lipinski definition) is 2. The molecule has 2 nitrogen and oxygen atoms in total. The zero-order chi connectivity index (χ0) is 13.7. The van der Waals surface area contributed by atoms with E-state index in [1.54, 1.807) is 12.1 Å². The predicted octanol–water partition coefficient (Wildman–Crippen LogP) is 3.74. The summed E-state index contributed by atoms with van der Waals surface area (Å²) in [7, 11) is 0. The molecule has 2 aromatic rings. The minimum Gasteiger partial charge on any atom is -0.292 e. The Labute approximate surface area is 112 Å². The summed E-state index contributed by atoms with van der Waals surface area (Å²) in [4.78, 5) is 0. The monoisotopic (exact) mass is 254 g/mol. The average Bonchev–Trinajstić information content (AvgIpc) is 2.46. The van der Waals surface area contributed by atoms with Gasteiger partial charge in [-0.05, 0) is 30.2 Å². The van der Waals surface area contributed by atoms with E-state index in [1.165, 1.54) is 12.1 Å². The maximum absolute atomic E-state index is 12.9. The number of nitriles is 1. The van der Waals surface area contributed by atoms with Gasteiger partial charge in [0.1, 0.15) is 11.9 Å². The first kappa shape index (κ1) is 13.3. The van der Waals surface area contributed by atoms with Crippen molar-refractivity contribution >= 4 is 0 Å². The highest BCUT2D eigenvalue weighted by Crippen LogP contribution is 2.19. The van der Waals surface area contributed by atoms with Gasteiger partial charge in [-0.3, -0.25) is 5.32 Å². The molecule has 96 valence electrons. The molecule has 0 spiro atoms. The van der Waals surface area contributed by atoms with Crippen molar-refractivity contribution in [2.45, 2.75) is 19.0 Å². The van der Waals surface area contributed by atoms with Crippen LogP contribution >= 0.6 is 0 Å². The van der Waals surface area contributed by atoms with Crippen molar-refractivity contribution in [1.82, 2.24) is 5.32 Å². The summed E-state index contributed by atoms with van der Waals surface area (Å²) in [5.74, 6) is -0.295. The van der Waals surface area contributed by atoms with Crippen LogP contribution < -0.4 is 5.32 Å². The molecule has 0 bridgehead atoms. The molecule has 0 saturated carbocycles. The Morgan fingerprint density at radius 2 is 1.63 bits per heavy atom. The van der Waals surface area contributed by atoms with Gasteiger partial charge in [0.25, 0.3) is 0 Å². The van der Waals surface area contributed by atoms with Gasteiger partial charge >= 0.3 is 0 Å².